The van der Waals surface area contributed by atoms with Crippen molar-refractivity contribution in [2.24, 2.45) is 11.1 Å². The van der Waals surface area contributed by atoms with Crippen molar-refractivity contribution in [3.05, 3.63) is 29.3 Å². The molecule has 0 saturated heterocycles. The first-order valence-corrected chi connectivity index (χ1v) is 6.26. The van der Waals surface area contributed by atoms with Crippen molar-refractivity contribution in [3.63, 3.8) is 0 Å². The van der Waals surface area contributed by atoms with Gasteiger partial charge in [0.05, 0.1) is 17.2 Å². The first-order chi connectivity index (χ1) is 9.20. The first kappa shape index (κ1) is 14.2. The van der Waals surface area contributed by atoms with Crippen LogP contribution in [0.25, 0.3) is 0 Å². The van der Waals surface area contributed by atoms with E-state index in [0.717, 1.165) is 0 Å². The quantitative estimate of drug-likeness (QED) is 0.697. The van der Waals surface area contributed by atoms with Crippen molar-refractivity contribution in [1.29, 1.82) is 0 Å². The Morgan fingerprint density at radius 2 is 1.80 bits per heavy atom. The Morgan fingerprint density at radius 1 is 1.20 bits per heavy atom. The van der Waals surface area contributed by atoms with E-state index in [9.17, 15) is 14.4 Å². The maximum Gasteiger partial charge on any atom is 0.259 e. The van der Waals surface area contributed by atoms with E-state index >= 15 is 0 Å². The van der Waals surface area contributed by atoms with E-state index in [0.29, 0.717) is 11.3 Å². The number of rotatable bonds is 2. The van der Waals surface area contributed by atoms with Gasteiger partial charge in [-0.1, -0.05) is 20.8 Å². The molecule has 20 heavy (non-hydrogen) atoms. The number of carbonyl (C=O) groups is 3. The van der Waals surface area contributed by atoms with Crippen molar-refractivity contribution in [1.82, 2.24) is 5.32 Å². The molecule has 1 aromatic rings. The van der Waals surface area contributed by atoms with Crippen LogP contribution < -0.4 is 16.4 Å². The molecule has 0 radical (unpaired) electrons. The number of benzene rings is 1. The average molecular weight is 275 g/mol. The highest BCUT2D eigenvalue weighted by molar-refractivity contribution is 6.22. The summed E-state index contributed by atoms with van der Waals surface area (Å²) >= 11 is 0. The lowest BCUT2D eigenvalue weighted by atomic mass is 9.87. The zero-order chi connectivity index (χ0) is 15.1. The molecule has 0 fully saturated rings. The van der Waals surface area contributed by atoms with Crippen LogP contribution >= 0.6 is 0 Å². The second kappa shape index (κ2) is 4.72. The second-order valence-corrected chi connectivity index (χ2v) is 5.88. The van der Waals surface area contributed by atoms with Gasteiger partial charge in [-0.2, -0.15) is 0 Å². The molecule has 0 unspecified atom stereocenters. The number of anilines is 1. The third-order valence-corrected chi connectivity index (χ3v) is 3.22. The van der Waals surface area contributed by atoms with Gasteiger partial charge in [-0.15, -0.1) is 0 Å². The maximum atomic E-state index is 12.0. The number of nitrogens with one attached hydrogen (secondary N) is 2. The van der Waals surface area contributed by atoms with Crippen molar-refractivity contribution < 1.29 is 14.4 Å². The molecule has 0 spiro atoms. The summed E-state index contributed by atoms with van der Waals surface area (Å²) in [7, 11) is 0. The van der Waals surface area contributed by atoms with E-state index in [-0.39, 0.29) is 16.9 Å². The van der Waals surface area contributed by atoms with Crippen molar-refractivity contribution in [2.75, 3.05) is 5.32 Å². The number of fused-ring (bicyclic) bond motifs is 1. The molecule has 1 atom stereocenters. The number of amides is 3. The summed E-state index contributed by atoms with van der Waals surface area (Å²) < 4.78 is 0. The zero-order valence-corrected chi connectivity index (χ0v) is 11.6. The third kappa shape index (κ3) is 2.55. The molecule has 6 heteroatoms. The lowest BCUT2D eigenvalue weighted by molar-refractivity contribution is -0.119. The molecule has 1 heterocycles. The fraction of sp³-hybridized carbons (Fsp3) is 0.357. The van der Waals surface area contributed by atoms with Gasteiger partial charge in [0.2, 0.25) is 5.91 Å². The Morgan fingerprint density at radius 3 is 2.40 bits per heavy atom. The molecular formula is C14H17N3O3. The van der Waals surface area contributed by atoms with E-state index in [1.165, 1.54) is 12.1 Å². The molecule has 0 aromatic heterocycles. The van der Waals surface area contributed by atoms with Crippen molar-refractivity contribution in [2.45, 2.75) is 26.8 Å². The molecule has 1 aromatic carbocycles. The van der Waals surface area contributed by atoms with Gasteiger partial charge in [0.1, 0.15) is 0 Å². The first-order valence-electron chi connectivity index (χ1n) is 6.26. The topological polar surface area (TPSA) is 101 Å². The Bertz CT molecular complexity index is 602. The summed E-state index contributed by atoms with van der Waals surface area (Å²) in [6, 6.07) is 3.88. The molecule has 106 valence electrons. The third-order valence-electron chi connectivity index (χ3n) is 3.22. The molecule has 4 N–H and O–H groups in total. The maximum absolute atomic E-state index is 12.0. The Hall–Kier alpha value is -2.21. The van der Waals surface area contributed by atoms with Gasteiger partial charge in [-0.05, 0) is 23.6 Å². The smallest absolute Gasteiger partial charge is 0.259 e. The molecule has 6 nitrogen and oxygen atoms in total. The lowest BCUT2D eigenvalue weighted by Crippen LogP contribution is -2.45. The van der Waals surface area contributed by atoms with Gasteiger partial charge in [0, 0.05) is 5.69 Å². The van der Waals surface area contributed by atoms with Crippen LogP contribution in [-0.4, -0.2) is 23.8 Å². The predicted molar refractivity (Wildman–Crippen MR) is 74.3 cm³/mol. The normalized spacial score (nSPS) is 15.6. The summed E-state index contributed by atoms with van der Waals surface area (Å²) in [6.45, 7) is 5.60. The van der Waals surface area contributed by atoms with Crippen LogP contribution in [0.4, 0.5) is 5.69 Å². The van der Waals surface area contributed by atoms with Gasteiger partial charge in [-0.3, -0.25) is 19.7 Å². The number of carbonyl (C=O) groups excluding carboxylic acids is 3. The van der Waals surface area contributed by atoms with Gasteiger partial charge in [0.25, 0.3) is 11.8 Å². The van der Waals surface area contributed by atoms with Crippen LogP contribution in [-0.2, 0) is 4.79 Å². The minimum absolute atomic E-state index is 0.261. The van der Waals surface area contributed by atoms with Crippen LogP contribution in [0.1, 0.15) is 41.5 Å². The summed E-state index contributed by atoms with van der Waals surface area (Å²) in [5.74, 6) is -1.21. The van der Waals surface area contributed by atoms with Gasteiger partial charge in [-0.25, -0.2) is 0 Å². The predicted octanol–water partition coefficient (Wildman–Crippen LogP) is 0.882. The van der Waals surface area contributed by atoms with Crippen LogP contribution in [0.15, 0.2) is 18.2 Å². The zero-order valence-electron chi connectivity index (χ0n) is 11.6. The van der Waals surface area contributed by atoms with Crippen molar-refractivity contribution in [3.8, 4) is 0 Å². The summed E-state index contributed by atoms with van der Waals surface area (Å²) in [5, 5.41) is 4.85. The molecule has 0 aliphatic carbocycles. The summed E-state index contributed by atoms with van der Waals surface area (Å²) in [5.41, 5.74) is 6.51. The minimum Gasteiger partial charge on any atom is -0.325 e. The van der Waals surface area contributed by atoms with E-state index in [2.05, 4.69) is 10.6 Å². The highest BCUT2D eigenvalue weighted by Gasteiger charge is 2.29. The fourth-order valence-corrected chi connectivity index (χ4v) is 1.86. The average Bonchev–Trinajstić information content (AvgIpc) is 2.62. The molecular weight excluding hydrogens is 258 g/mol. The number of nitrogens with two attached hydrogens (primary N) is 1. The summed E-state index contributed by atoms with van der Waals surface area (Å²) in [4.78, 5) is 34.9. The summed E-state index contributed by atoms with van der Waals surface area (Å²) in [6.07, 6.45) is 0. The van der Waals surface area contributed by atoms with Crippen LogP contribution in [0.5, 0.6) is 0 Å². The van der Waals surface area contributed by atoms with E-state index < -0.39 is 17.9 Å². The lowest BCUT2D eigenvalue weighted by Gasteiger charge is -2.25. The van der Waals surface area contributed by atoms with E-state index in [1.807, 2.05) is 20.8 Å². The van der Waals surface area contributed by atoms with Crippen LogP contribution in [0.2, 0.25) is 0 Å². The van der Waals surface area contributed by atoms with Gasteiger partial charge >= 0.3 is 0 Å². The Labute approximate surface area is 116 Å². The SMILES string of the molecule is CC(C)(C)[C@@H](N)C(=O)Nc1ccc2c(c1)C(=O)NC2=O. The largest absolute Gasteiger partial charge is 0.325 e. The highest BCUT2D eigenvalue weighted by atomic mass is 16.2. The van der Waals surface area contributed by atoms with Gasteiger partial charge in [0.15, 0.2) is 0 Å². The Balaban J connectivity index is 2.20. The Kier molecular flexibility index (Phi) is 3.35. The number of imide groups is 1. The van der Waals surface area contributed by atoms with Gasteiger partial charge < -0.3 is 11.1 Å². The minimum atomic E-state index is -0.675. The van der Waals surface area contributed by atoms with E-state index in [4.69, 9.17) is 5.73 Å². The van der Waals surface area contributed by atoms with Crippen molar-refractivity contribution >= 4 is 23.4 Å². The molecule has 1 aliphatic heterocycles. The van der Waals surface area contributed by atoms with Crippen LogP contribution in [0.3, 0.4) is 0 Å². The number of hydrogen-bond donors (Lipinski definition) is 3. The molecule has 3 amide bonds. The monoisotopic (exact) mass is 275 g/mol. The molecule has 2 rings (SSSR count). The second-order valence-electron chi connectivity index (χ2n) is 5.88. The van der Waals surface area contributed by atoms with Crippen LogP contribution in [0, 0.1) is 5.41 Å². The molecule has 1 aliphatic rings. The number of hydrogen-bond acceptors (Lipinski definition) is 4. The standard InChI is InChI=1S/C14H17N3O3/c1-14(2,3)10(15)13(20)16-7-4-5-8-9(6-7)12(19)17-11(8)18/h4-6,10H,15H2,1-3H3,(H,16,20)(H,17,18,19)/t10-/m0/s1. The molecule has 0 saturated carbocycles. The molecule has 0 bridgehead atoms. The fourth-order valence-electron chi connectivity index (χ4n) is 1.86. The highest BCUT2D eigenvalue weighted by Crippen LogP contribution is 2.22. The van der Waals surface area contributed by atoms with E-state index in [1.54, 1.807) is 6.07 Å².